The summed E-state index contributed by atoms with van der Waals surface area (Å²) < 4.78 is 10.5. The number of methoxy groups -OCH3 is 1. The molecule has 0 bridgehead atoms. The largest absolute Gasteiger partial charge is 0.497 e. The normalized spacial score (nSPS) is 11.4. The maximum Gasteiger partial charge on any atom is 0.279 e. The number of benzene rings is 2. The Balaban J connectivity index is 1.91. The molecule has 0 aromatic heterocycles. The molecule has 6 nitrogen and oxygen atoms in total. The van der Waals surface area contributed by atoms with E-state index in [1.165, 1.54) is 20.1 Å². The molecule has 0 heterocycles. The number of nitrogens with one attached hydrogen (secondary N) is 2. The monoisotopic (exact) mass is 382 g/mol. The average Bonchev–Trinajstić information content (AvgIpc) is 2.61. The number of amides is 2. The molecule has 25 heavy (non-hydrogen) atoms. The summed E-state index contributed by atoms with van der Waals surface area (Å²) in [6, 6.07) is 11.2. The lowest BCUT2D eigenvalue weighted by Gasteiger charge is -2.16. The van der Waals surface area contributed by atoms with Gasteiger partial charge in [0.2, 0.25) is 0 Å². The van der Waals surface area contributed by atoms with Crippen molar-refractivity contribution in [1.82, 2.24) is 10.9 Å². The molecule has 2 aromatic carbocycles. The summed E-state index contributed by atoms with van der Waals surface area (Å²) in [5.41, 5.74) is 4.95. The summed E-state index contributed by atoms with van der Waals surface area (Å²) in [5, 5.41) is 0.743. The Morgan fingerprint density at radius 3 is 2.52 bits per heavy atom. The maximum absolute atomic E-state index is 12.0. The fourth-order valence-corrected chi connectivity index (χ4v) is 2.32. The third-order valence-electron chi connectivity index (χ3n) is 3.20. The Hall–Kier alpha value is -2.44. The molecule has 132 valence electrons. The van der Waals surface area contributed by atoms with Crippen molar-refractivity contribution in [2.75, 3.05) is 7.11 Å². The van der Waals surface area contributed by atoms with Crippen molar-refractivity contribution >= 4 is 35.0 Å². The molecule has 0 aliphatic carbocycles. The third kappa shape index (κ3) is 5.27. The van der Waals surface area contributed by atoms with Crippen LogP contribution in [-0.4, -0.2) is 25.0 Å². The highest BCUT2D eigenvalue weighted by Gasteiger charge is 2.17. The summed E-state index contributed by atoms with van der Waals surface area (Å²) >= 11 is 11.8. The minimum absolute atomic E-state index is 0.285. The molecule has 0 aliphatic heterocycles. The van der Waals surface area contributed by atoms with E-state index >= 15 is 0 Å². The molecule has 1 atom stereocenters. The van der Waals surface area contributed by atoms with Gasteiger partial charge >= 0.3 is 0 Å². The van der Waals surface area contributed by atoms with Crippen molar-refractivity contribution in [3.8, 4) is 11.5 Å². The van der Waals surface area contributed by atoms with Gasteiger partial charge in [-0.3, -0.25) is 20.4 Å². The van der Waals surface area contributed by atoms with Crippen LogP contribution < -0.4 is 20.3 Å². The van der Waals surface area contributed by atoms with Crippen LogP contribution in [0.25, 0.3) is 0 Å². The summed E-state index contributed by atoms with van der Waals surface area (Å²) in [6.45, 7) is 1.53. The summed E-state index contributed by atoms with van der Waals surface area (Å²) in [6.07, 6.45) is -0.885. The smallest absolute Gasteiger partial charge is 0.279 e. The highest BCUT2D eigenvalue weighted by Crippen LogP contribution is 2.28. The van der Waals surface area contributed by atoms with Gasteiger partial charge in [-0.1, -0.05) is 29.3 Å². The van der Waals surface area contributed by atoms with Crippen molar-refractivity contribution < 1.29 is 19.1 Å². The number of carbonyl (C=O) groups excluding carboxylic acids is 2. The molecule has 0 radical (unpaired) electrons. The molecule has 0 saturated heterocycles. The minimum Gasteiger partial charge on any atom is -0.497 e. The van der Waals surface area contributed by atoms with Crippen LogP contribution in [-0.2, 0) is 4.79 Å². The zero-order valence-corrected chi connectivity index (χ0v) is 15.0. The van der Waals surface area contributed by atoms with Gasteiger partial charge in [-0.2, -0.15) is 0 Å². The lowest BCUT2D eigenvalue weighted by Crippen LogP contribution is -2.47. The Morgan fingerprint density at radius 2 is 1.84 bits per heavy atom. The first-order valence-corrected chi connectivity index (χ1v) is 8.02. The zero-order chi connectivity index (χ0) is 18.4. The molecule has 8 heteroatoms. The van der Waals surface area contributed by atoms with E-state index in [1.54, 1.807) is 36.4 Å². The Kier molecular flexibility index (Phi) is 6.50. The van der Waals surface area contributed by atoms with Gasteiger partial charge in [0.15, 0.2) is 6.10 Å². The number of halogens is 2. The summed E-state index contributed by atoms with van der Waals surface area (Å²) in [4.78, 5) is 24.1. The van der Waals surface area contributed by atoms with Crippen molar-refractivity contribution in [1.29, 1.82) is 0 Å². The fourth-order valence-electron chi connectivity index (χ4n) is 1.87. The van der Waals surface area contributed by atoms with E-state index in [0.29, 0.717) is 22.1 Å². The predicted octanol–water partition coefficient (Wildman–Crippen LogP) is 3.23. The van der Waals surface area contributed by atoms with Gasteiger partial charge in [0.1, 0.15) is 11.5 Å². The fraction of sp³-hybridized carbons (Fsp3) is 0.176. The first-order valence-electron chi connectivity index (χ1n) is 7.26. The van der Waals surface area contributed by atoms with E-state index in [4.69, 9.17) is 32.7 Å². The van der Waals surface area contributed by atoms with E-state index < -0.39 is 17.9 Å². The van der Waals surface area contributed by atoms with Crippen LogP contribution in [0, 0.1) is 0 Å². The maximum atomic E-state index is 12.0. The van der Waals surface area contributed by atoms with Crippen molar-refractivity contribution in [3.63, 3.8) is 0 Å². The lowest BCUT2D eigenvalue weighted by atomic mass is 10.2. The molecular weight excluding hydrogens is 367 g/mol. The highest BCUT2D eigenvalue weighted by molar-refractivity contribution is 6.35. The van der Waals surface area contributed by atoms with Gasteiger partial charge in [-0.15, -0.1) is 0 Å². The van der Waals surface area contributed by atoms with Gasteiger partial charge in [0.05, 0.1) is 12.1 Å². The molecule has 2 amide bonds. The lowest BCUT2D eigenvalue weighted by molar-refractivity contribution is -0.128. The number of hydrazine groups is 1. The Bertz CT molecular complexity index is 783. The first kappa shape index (κ1) is 18.9. The van der Waals surface area contributed by atoms with Gasteiger partial charge in [-0.05, 0) is 43.3 Å². The molecule has 0 saturated carbocycles. The van der Waals surface area contributed by atoms with Crippen LogP contribution >= 0.6 is 23.2 Å². The molecular formula is C17H16Cl2N2O4. The highest BCUT2D eigenvalue weighted by atomic mass is 35.5. The Labute approximate surface area is 155 Å². The molecule has 0 fully saturated rings. The van der Waals surface area contributed by atoms with E-state index in [9.17, 15) is 9.59 Å². The molecule has 0 spiro atoms. The molecule has 0 aliphatic rings. The van der Waals surface area contributed by atoms with Crippen molar-refractivity contribution in [3.05, 3.63) is 58.1 Å². The topological polar surface area (TPSA) is 76.7 Å². The van der Waals surface area contributed by atoms with Gasteiger partial charge in [0, 0.05) is 10.6 Å². The molecule has 2 N–H and O–H groups in total. The van der Waals surface area contributed by atoms with E-state index in [1.807, 2.05) is 0 Å². The van der Waals surface area contributed by atoms with E-state index in [-0.39, 0.29) is 5.02 Å². The predicted molar refractivity (Wildman–Crippen MR) is 95.2 cm³/mol. The second-order valence-corrected chi connectivity index (χ2v) is 5.85. The molecule has 2 rings (SSSR count). The number of rotatable bonds is 5. The number of ether oxygens (including phenoxy) is 2. The van der Waals surface area contributed by atoms with Crippen molar-refractivity contribution in [2.45, 2.75) is 13.0 Å². The second kappa shape index (κ2) is 8.60. The number of hydrogen-bond acceptors (Lipinski definition) is 4. The van der Waals surface area contributed by atoms with Crippen LogP contribution in [0.2, 0.25) is 10.0 Å². The SMILES string of the molecule is COc1cccc(C(=O)NNC(=O)[C@@H](C)Oc2ccc(Cl)cc2Cl)c1. The average molecular weight is 383 g/mol. The molecule has 0 unspecified atom stereocenters. The van der Waals surface area contributed by atoms with Gasteiger partial charge in [0.25, 0.3) is 11.8 Å². The quantitative estimate of drug-likeness (QED) is 0.778. The van der Waals surface area contributed by atoms with Gasteiger partial charge < -0.3 is 9.47 Å². The van der Waals surface area contributed by atoms with Gasteiger partial charge in [-0.25, -0.2) is 0 Å². The van der Waals surface area contributed by atoms with Crippen LogP contribution in [0.1, 0.15) is 17.3 Å². The standard InChI is InChI=1S/C17H16Cl2N2O4/c1-10(25-15-7-6-12(18)9-14(15)19)16(22)20-21-17(23)11-4-3-5-13(8-11)24-2/h3-10H,1-2H3,(H,20,22)(H,21,23)/t10-/m1/s1. The zero-order valence-electron chi connectivity index (χ0n) is 13.5. The van der Waals surface area contributed by atoms with Crippen LogP contribution in [0.3, 0.4) is 0 Å². The van der Waals surface area contributed by atoms with Crippen LogP contribution in [0.5, 0.6) is 11.5 Å². The first-order chi connectivity index (χ1) is 11.9. The minimum atomic E-state index is -0.885. The number of hydrogen-bond donors (Lipinski definition) is 2. The second-order valence-electron chi connectivity index (χ2n) is 5.01. The van der Waals surface area contributed by atoms with E-state index in [2.05, 4.69) is 10.9 Å². The Morgan fingerprint density at radius 1 is 1.08 bits per heavy atom. The molecule has 2 aromatic rings. The van der Waals surface area contributed by atoms with Crippen LogP contribution in [0.15, 0.2) is 42.5 Å². The van der Waals surface area contributed by atoms with E-state index in [0.717, 1.165) is 0 Å². The third-order valence-corrected chi connectivity index (χ3v) is 3.73. The summed E-state index contributed by atoms with van der Waals surface area (Å²) in [5.74, 6) is -0.174. The van der Waals surface area contributed by atoms with Crippen molar-refractivity contribution in [2.24, 2.45) is 0 Å². The van der Waals surface area contributed by atoms with Crippen LogP contribution in [0.4, 0.5) is 0 Å². The summed E-state index contributed by atoms with van der Waals surface area (Å²) in [7, 11) is 1.50. The number of carbonyl (C=O) groups is 2.